The largest absolute Gasteiger partial charge is 0.378 e. The summed E-state index contributed by atoms with van der Waals surface area (Å²) in [5, 5.41) is 1.95. The number of rotatable bonds is 3. The lowest BCUT2D eigenvalue weighted by atomic mass is 9.99. The summed E-state index contributed by atoms with van der Waals surface area (Å²) < 4.78 is 19.8. The van der Waals surface area contributed by atoms with Crippen LogP contribution in [0.15, 0.2) is 29.2 Å². The molecule has 29 heavy (non-hydrogen) atoms. The molecule has 1 unspecified atom stereocenters. The van der Waals surface area contributed by atoms with Crippen LogP contribution < -0.4 is 9.80 Å². The Hall–Kier alpha value is -2.65. The number of morpholine rings is 1. The first-order chi connectivity index (χ1) is 14.2. The van der Waals surface area contributed by atoms with Crippen LogP contribution in [-0.2, 0) is 11.2 Å². The summed E-state index contributed by atoms with van der Waals surface area (Å²) in [4.78, 5) is 22.5. The fourth-order valence-electron chi connectivity index (χ4n) is 3.89. The van der Waals surface area contributed by atoms with Crippen molar-refractivity contribution in [2.45, 2.75) is 19.4 Å². The van der Waals surface area contributed by atoms with Crippen LogP contribution in [0.25, 0.3) is 11.5 Å². The summed E-state index contributed by atoms with van der Waals surface area (Å²) in [7, 11) is 0. The van der Waals surface area contributed by atoms with Gasteiger partial charge in [0.2, 0.25) is 0 Å². The van der Waals surface area contributed by atoms with Crippen LogP contribution in [0.3, 0.4) is 0 Å². The first-order valence-corrected chi connectivity index (χ1v) is 10.6. The minimum atomic E-state index is -0.274. The lowest BCUT2D eigenvalue weighted by Gasteiger charge is -2.36. The summed E-state index contributed by atoms with van der Waals surface area (Å²) >= 11 is 1.53. The number of hydrogen-bond acceptors (Lipinski definition) is 8. The van der Waals surface area contributed by atoms with Crippen LogP contribution in [-0.4, -0.2) is 52.8 Å². The van der Waals surface area contributed by atoms with E-state index in [1.165, 1.54) is 23.5 Å². The zero-order chi connectivity index (χ0) is 19.8. The molecule has 150 valence electrons. The standard InChI is InChI=1S/C20H21FN6OS/c1-13-15-10-22-20(17-11-29-12-23-17)24-16(15)2-3-27(13)19-9-14(21)8-18(25-19)26-4-6-28-7-5-26/h8-13H,2-7H2,1H3. The number of aromatic nitrogens is 4. The molecule has 9 heteroatoms. The quantitative estimate of drug-likeness (QED) is 0.655. The molecule has 0 aromatic carbocycles. The number of halogens is 1. The van der Waals surface area contributed by atoms with Gasteiger partial charge >= 0.3 is 0 Å². The molecule has 3 aromatic heterocycles. The summed E-state index contributed by atoms with van der Waals surface area (Å²) in [5.74, 6) is 1.69. The Morgan fingerprint density at radius 2 is 1.93 bits per heavy atom. The molecule has 5 heterocycles. The van der Waals surface area contributed by atoms with Crippen molar-refractivity contribution in [1.29, 1.82) is 0 Å². The number of thiazole rings is 1. The Labute approximate surface area is 172 Å². The van der Waals surface area contributed by atoms with E-state index in [-0.39, 0.29) is 11.9 Å². The maximum absolute atomic E-state index is 14.4. The normalized spacial score (nSPS) is 19.3. The SMILES string of the molecule is CC1c2cnc(-c3cscn3)nc2CCN1c1cc(F)cc(N2CCOCC2)n1. The van der Waals surface area contributed by atoms with E-state index in [1.807, 2.05) is 11.6 Å². The molecule has 0 amide bonds. The van der Waals surface area contributed by atoms with Crippen molar-refractivity contribution in [1.82, 2.24) is 19.9 Å². The molecule has 2 aliphatic rings. The van der Waals surface area contributed by atoms with Gasteiger partial charge in [-0.15, -0.1) is 11.3 Å². The highest BCUT2D eigenvalue weighted by atomic mass is 32.1. The zero-order valence-electron chi connectivity index (χ0n) is 16.1. The maximum Gasteiger partial charge on any atom is 0.179 e. The van der Waals surface area contributed by atoms with Crippen LogP contribution in [0.4, 0.5) is 16.0 Å². The van der Waals surface area contributed by atoms with E-state index in [9.17, 15) is 4.39 Å². The fraction of sp³-hybridized carbons (Fsp3) is 0.400. The van der Waals surface area contributed by atoms with Crippen molar-refractivity contribution < 1.29 is 9.13 Å². The van der Waals surface area contributed by atoms with E-state index in [2.05, 4.69) is 26.7 Å². The molecule has 0 bridgehead atoms. The highest BCUT2D eigenvalue weighted by Crippen LogP contribution is 2.33. The van der Waals surface area contributed by atoms with Gasteiger partial charge in [0.05, 0.1) is 30.5 Å². The zero-order valence-corrected chi connectivity index (χ0v) is 16.9. The van der Waals surface area contributed by atoms with Crippen LogP contribution in [0, 0.1) is 5.82 Å². The maximum atomic E-state index is 14.4. The predicted octanol–water partition coefficient (Wildman–Crippen LogP) is 3.09. The van der Waals surface area contributed by atoms with Gasteiger partial charge in [-0.1, -0.05) is 0 Å². The third-order valence-electron chi connectivity index (χ3n) is 5.46. The van der Waals surface area contributed by atoms with Gasteiger partial charge in [-0.05, 0) is 6.92 Å². The smallest absolute Gasteiger partial charge is 0.179 e. The van der Waals surface area contributed by atoms with E-state index in [0.29, 0.717) is 30.7 Å². The Bertz CT molecular complexity index is 1010. The second-order valence-electron chi connectivity index (χ2n) is 7.19. The second-order valence-corrected chi connectivity index (χ2v) is 7.91. The molecule has 1 saturated heterocycles. The Kier molecular flexibility index (Phi) is 4.84. The van der Waals surface area contributed by atoms with E-state index >= 15 is 0 Å². The average Bonchev–Trinajstić information content (AvgIpc) is 3.29. The molecule has 3 aromatic rings. The van der Waals surface area contributed by atoms with E-state index < -0.39 is 0 Å². The van der Waals surface area contributed by atoms with Crippen LogP contribution in [0.2, 0.25) is 0 Å². The molecule has 0 spiro atoms. The molecule has 0 saturated carbocycles. The number of anilines is 2. The van der Waals surface area contributed by atoms with Crippen molar-refractivity contribution >= 4 is 23.0 Å². The van der Waals surface area contributed by atoms with Crippen molar-refractivity contribution in [2.24, 2.45) is 0 Å². The number of pyridine rings is 1. The molecule has 0 radical (unpaired) electrons. The number of fused-ring (bicyclic) bond motifs is 1. The van der Waals surface area contributed by atoms with Crippen molar-refractivity contribution in [3.8, 4) is 11.5 Å². The van der Waals surface area contributed by atoms with E-state index in [0.717, 1.165) is 43.0 Å². The molecule has 0 aliphatic carbocycles. The van der Waals surface area contributed by atoms with E-state index in [4.69, 9.17) is 14.7 Å². The number of hydrogen-bond donors (Lipinski definition) is 0. The first kappa shape index (κ1) is 18.4. The fourth-order valence-corrected chi connectivity index (χ4v) is 4.43. The molecular weight excluding hydrogens is 391 g/mol. The second kappa shape index (κ2) is 7.64. The van der Waals surface area contributed by atoms with Crippen LogP contribution >= 0.6 is 11.3 Å². The highest BCUT2D eigenvalue weighted by Gasteiger charge is 2.28. The van der Waals surface area contributed by atoms with Crippen LogP contribution in [0.5, 0.6) is 0 Å². The van der Waals surface area contributed by atoms with Crippen molar-refractivity contribution in [2.75, 3.05) is 42.6 Å². The predicted molar refractivity (Wildman–Crippen MR) is 110 cm³/mol. The van der Waals surface area contributed by atoms with E-state index in [1.54, 1.807) is 5.51 Å². The third kappa shape index (κ3) is 3.56. The molecule has 2 aliphatic heterocycles. The summed E-state index contributed by atoms with van der Waals surface area (Å²) in [5.41, 5.74) is 4.66. The third-order valence-corrected chi connectivity index (χ3v) is 6.05. The Balaban J connectivity index is 1.44. The topological polar surface area (TPSA) is 67.3 Å². The van der Waals surface area contributed by atoms with Crippen LogP contribution in [0.1, 0.15) is 24.2 Å². The number of nitrogens with zero attached hydrogens (tertiary/aromatic N) is 6. The Morgan fingerprint density at radius 1 is 1.10 bits per heavy atom. The summed E-state index contributed by atoms with van der Waals surface area (Å²) in [6.45, 7) is 5.54. The minimum absolute atomic E-state index is 0.00933. The van der Waals surface area contributed by atoms with Gasteiger partial charge in [0, 0.05) is 55.3 Å². The molecule has 1 fully saturated rings. The van der Waals surface area contributed by atoms with Gasteiger partial charge in [-0.3, -0.25) is 0 Å². The molecule has 7 nitrogen and oxygen atoms in total. The van der Waals surface area contributed by atoms with Crippen molar-refractivity contribution in [3.05, 3.63) is 46.3 Å². The van der Waals surface area contributed by atoms with Gasteiger partial charge in [-0.2, -0.15) is 0 Å². The molecule has 0 N–H and O–H groups in total. The summed E-state index contributed by atoms with van der Waals surface area (Å²) in [6, 6.07) is 3.02. The number of ether oxygens (including phenoxy) is 1. The van der Waals surface area contributed by atoms with Gasteiger partial charge < -0.3 is 14.5 Å². The minimum Gasteiger partial charge on any atom is -0.378 e. The molecular formula is C20H21FN6OS. The molecule has 5 rings (SSSR count). The monoisotopic (exact) mass is 412 g/mol. The van der Waals surface area contributed by atoms with Crippen molar-refractivity contribution in [3.63, 3.8) is 0 Å². The van der Waals surface area contributed by atoms with Gasteiger partial charge in [0.15, 0.2) is 5.82 Å². The summed E-state index contributed by atoms with van der Waals surface area (Å²) in [6.07, 6.45) is 2.63. The van der Waals surface area contributed by atoms with Gasteiger partial charge in [0.1, 0.15) is 23.1 Å². The van der Waals surface area contributed by atoms with Gasteiger partial charge in [-0.25, -0.2) is 24.3 Å². The molecule has 1 atom stereocenters. The lowest BCUT2D eigenvalue weighted by Crippen LogP contribution is -2.38. The highest BCUT2D eigenvalue weighted by molar-refractivity contribution is 7.07. The van der Waals surface area contributed by atoms with Gasteiger partial charge in [0.25, 0.3) is 0 Å². The lowest BCUT2D eigenvalue weighted by molar-refractivity contribution is 0.122. The first-order valence-electron chi connectivity index (χ1n) is 9.70. The Morgan fingerprint density at radius 3 is 2.72 bits per heavy atom. The average molecular weight is 412 g/mol.